The second-order valence-corrected chi connectivity index (χ2v) is 18.9. The van der Waals surface area contributed by atoms with Gasteiger partial charge in [-0.3, -0.25) is 0 Å². The van der Waals surface area contributed by atoms with Gasteiger partial charge in [0.15, 0.2) is 0 Å². The van der Waals surface area contributed by atoms with Crippen molar-refractivity contribution in [1.29, 1.82) is 0 Å². The maximum atomic E-state index is 14.2. The Morgan fingerprint density at radius 3 is 1.89 bits per heavy atom. The van der Waals surface area contributed by atoms with Crippen LogP contribution in [0.25, 0.3) is 23.0 Å². The molecule has 5 aromatic rings. The van der Waals surface area contributed by atoms with Crippen LogP contribution < -0.4 is 15.9 Å². The van der Waals surface area contributed by atoms with E-state index in [0.717, 1.165) is 32.6 Å². The summed E-state index contributed by atoms with van der Waals surface area (Å²) >= 11 is 3.34. The van der Waals surface area contributed by atoms with Crippen LogP contribution in [0.15, 0.2) is 166 Å². The van der Waals surface area contributed by atoms with Crippen LogP contribution in [0.2, 0.25) is 0 Å². The van der Waals surface area contributed by atoms with E-state index >= 15 is 0 Å². The molecule has 3 aliphatic rings. The van der Waals surface area contributed by atoms with Crippen LogP contribution in [0.3, 0.4) is 0 Å². The number of furan rings is 1. The number of fused-ring (bicyclic) bond motifs is 1. The molecule has 2 amide bonds. The van der Waals surface area contributed by atoms with Crippen LogP contribution in [0.5, 0.6) is 0 Å². The first kappa shape index (κ1) is 38.7. The number of benzene rings is 3. The van der Waals surface area contributed by atoms with Gasteiger partial charge in [0.2, 0.25) is 0 Å². The third kappa shape index (κ3) is 6.67. The molecule has 0 atom stereocenters. The first-order chi connectivity index (χ1) is 27.8. The van der Waals surface area contributed by atoms with E-state index in [9.17, 15) is 9.59 Å². The average Bonchev–Trinajstić information content (AvgIpc) is 4.09. The van der Waals surface area contributed by atoms with Crippen LogP contribution in [0, 0.1) is 4.37 Å². The number of ether oxygens (including phenoxy) is 1. The molecule has 0 unspecified atom stereocenters. The van der Waals surface area contributed by atoms with Crippen LogP contribution in [-0.4, -0.2) is 48.9 Å². The van der Waals surface area contributed by atoms with Crippen molar-refractivity contribution in [1.82, 2.24) is 9.80 Å². The summed E-state index contributed by atoms with van der Waals surface area (Å²) in [6.45, 7) is 5.14. The van der Waals surface area contributed by atoms with E-state index in [-0.39, 0.29) is 11.8 Å². The molecule has 285 valence electrons. The van der Waals surface area contributed by atoms with Gasteiger partial charge in [0.1, 0.15) is 5.76 Å². The summed E-state index contributed by atoms with van der Waals surface area (Å²) in [5.41, 5.74) is 5.22. The zero-order valence-corrected chi connectivity index (χ0v) is 36.4. The molecule has 1 fully saturated rings. The Labute approximate surface area is 348 Å². The quantitative estimate of drug-likeness (QED) is 0.131. The van der Waals surface area contributed by atoms with Crippen molar-refractivity contribution < 1.29 is 36.7 Å². The van der Waals surface area contributed by atoms with Crippen molar-refractivity contribution in [2.45, 2.75) is 20.3 Å². The summed E-state index contributed by atoms with van der Waals surface area (Å²) in [5.74, 6) is 0.663. The molecule has 8 rings (SSSR count). The van der Waals surface area contributed by atoms with Crippen LogP contribution >= 0.6 is 18.6 Å². The van der Waals surface area contributed by atoms with E-state index in [0.29, 0.717) is 47.3 Å². The fraction of sp³-hybridized carbons (Fsp3) is 0.146. The second-order valence-electron chi connectivity index (χ2n) is 13.9. The number of hydrogen-bond acceptors (Lipinski definition) is 5. The number of hydrogen-bond donors (Lipinski definition) is 0. The minimum absolute atomic E-state index is 0.235. The second kappa shape index (κ2) is 16.4. The molecule has 0 saturated carbocycles. The summed E-state index contributed by atoms with van der Waals surface area (Å²) in [4.78, 5) is 33.3. The van der Waals surface area contributed by atoms with Crippen molar-refractivity contribution in [3.63, 3.8) is 0 Å². The van der Waals surface area contributed by atoms with Gasteiger partial charge >= 0.3 is 319 Å². The third-order valence-electron chi connectivity index (χ3n) is 10.5. The van der Waals surface area contributed by atoms with Crippen molar-refractivity contribution >= 4 is 69.4 Å². The van der Waals surface area contributed by atoms with Crippen LogP contribution in [0.4, 0.5) is 0 Å². The Hall–Kier alpha value is -5.17. The zero-order valence-electron chi connectivity index (χ0n) is 32.1. The van der Waals surface area contributed by atoms with Crippen molar-refractivity contribution in [3.05, 3.63) is 182 Å². The molecule has 3 aromatic carbocycles. The Kier molecular flexibility index (Phi) is 11.1. The Bertz CT molecular complexity index is 2530. The number of nitrogens with zero attached hydrogens (tertiary/aromatic N) is 2. The normalized spacial score (nSPS) is 17.8. The molecule has 9 heteroatoms. The SMILES string of the molecule is C/C=C/c1ccc(C2=C3C(=O)N(C)C(c4ccc(C(C=C5COCC5=CCC)=C([C]#[Os])[P+](c5ccccc5)(c5ccccc5)c5ccccc5)s4)=C3C(=O)N2C)o1. The molecule has 2 aromatic heterocycles. The first-order valence-corrected chi connectivity index (χ1v) is 22.7. The monoisotopic (exact) mass is 964 g/mol. The topological polar surface area (TPSA) is 63.0 Å². The van der Waals surface area contributed by atoms with E-state index in [4.69, 9.17) is 9.15 Å². The van der Waals surface area contributed by atoms with Gasteiger partial charge in [-0.15, -0.1) is 0 Å². The molecular weight excluding hydrogens is 922 g/mol. The number of carbonyl (C=O) groups is 2. The Morgan fingerprint density at radius 2 is 1.33 bits per heavy atom. The molecule has 0 radical (unpaired) electrons. The van der Waals surface area contributed by atoms with Gasteiger partial charge in [-0.1, -0.05) is 6.08 Å². The Balaban J connectivity index is 1.41. The van der Waals surface area contributed by atoms with Crippen molar-refractivity contribution in [3.8, 4) is 4.37 Å². The van der Waals surface area contributed by atoms with Gasteiger partial charge < -0.3 is 0 Å². The number of thiophene rings is 1. The average molecular weight is 963 g/mol. The molecule has 57 heavy (non-hydrogen) atoms. The molecule has 5 heterocycles. The number of amides is 2. The fourth-order valence-corrected chi connectivity index (χ4v) is 15.0. The summed E-state index contributed by atoms with van der Waals surface area (Å²) in [7, 11) is 0.877. The summed E-state index contributed by atoms with van der Waals surface area (Å²) < 4.78 is 16.0. The van der Waals surface area contributed by atoms with Crippen molar-refractivity contribution in [2.75, 3.05) is 27.3 Å². The van der Waals surface area contributed by atoms with Gasteiger partial charge in [-0.05, 0) is 19.1 Å². The predicted octanol–water partition coefficient (Wildman–Crippen LogP) is 8.94. The summed E-state index contributed by atoms with van der Waals surface area (Å²) in [5, 5.41) is 4.77. The molecule has 3 aliphatic heterocycles. The fourth-order valence-electron chi connectivity index (χ4n) is 7.98. The van der Waals surface area contributed by atoms with E-state index in [1.807, 2.05) is 37.3 Å². The molecular formula is C48H41N2O4OsPS+. The molecule has 0 N–H and O–H groups in total. The summed E-state index contributed by atoms with van der Waals surface area (Å²) in [6, 6.07) is 40.3. The molecule has 0 bridgehead atoms. The first-order valence-electron chi connectivity index (χ1n) is 18.9. The molecule has 0 spiro atoms. The summed E-state index contributed by atoms with van der Waals surface area (Å²) in [6.07, 6.45) is 9.21. The van der Waals surface area contributed by atoms with Crippen molar-refractivity contribution in [2.24, 2.45) is 0 Å². The number of allylic oxidation sites excluding steroid dienone is 5. The predicted molar refractivity (Wildman–Crippen MR) is 230 cm³/mol. The molecule has 0 aliphatic carbocycles. The van der Waals surface area contributed by atoms with E-state index in [1.54, 1.807) is 48.3 Å². The third-order valence-corrected chi connectivity index (χ3v) is 17.0. The number of rotatable bonds is 10. The van der Waals surface area contributed by atoms with Gasteiger partial charge in [-0.25, -0.2) is 0 Å². The number of likely N-dealkylation sites (N-methyl/N-ethyl adjacent to an activating group) is 2. The molecule has 1 saturated heterocycles. The standard InChI is InChI=1S/C48H41N2O4PS.Os/c1-6-17-33-30-53-31-34(33)29-39(32(3)55(36-19-11-8-12-20-36,37-21-13-9-14-22-37)38-23-15-10-16-24-38)41-27-28-42(56-41)46-44-43(47(51)50(46)5)45(49(4)48(44)52)40-26-25-35(54-40)18-7-2;/h7-29H,6,30-31H2,1-2,4-5H3;/q+1;/b18-7+,33-17?,34-29?,39-32?;. The van der Waals surface area contributed by atoms with E-state index in [1.165, 1.54) is 26.4 Å². The minimum atomic E-state index is -2.58. The molecule has 6 nitrogen and oxygen atoms in total. The van der Waals surface area contributed by atoms with Crippen LogP contribution in [-0.2, 0) is 32.3 Å². The van der Waals surface area contributed by atoms with Crippen LogP contribution in [0.1, 0.15) is 41.5 Å². The van der Waals surface area contributed by atoms with E-state index in [2.05, 4.69) is 121 Å². The Morgan fingerprint density at radius 1 is 0.772 bits per heavy atom. The number of carbonyl (C=O) groups excluding carboxylic acids is 2. The van der Waals surface area contributed by atoms with Gasteiger partial charge in [0.25, 0.3) is 0 Å². The van der Waals surface area contributed by atoms with Gasteiger partial charge in [0.05, 0.1) is 0 Å². The zero-order chi connectivity index (χ0) is 39.7. The van der Waals surface area contributed by atoms with E-state index < -0.39 is 7.26 Å². The van der Waals surface area contributed by atoms with Gasteiger partial charge in [-0.2, -0.15) is 0 Å². The van der Waals surface area contributed by atoms with Gasteiger partial charge in [0, 0.05) is 0 Å². The maximum absolute atomic E-state index is 14.2.